The molecule has 10 heteroatoms. The van der Waals surface area contributed by atoms with Crippen LogP contribution in [0.2, 0.25) is 5.02 Å². The van der Waals surface area contributed by atoms with Gasteiger partial charge in [-0.2, -0.15) is 13.2 Å². The van der Waals surface area contributed by atoms with Gasteiger partial charge in [0, 0.05) is 32.7 Å². The maximum Gasteiger partial charge on any atom is 0.430 e. The van der Waals surface area contributed by atoms with Crippen molar-refractivity contribution in [3.8, 4) is 5.75 Å². The summed E-state index contributed by atoms with van der Waals surface area (Å²) in [7, 11) is 3.30. The minimum atomic E-state index is -5.14. The lowest BCUT2D eigenvalue weighted by Gasteiger charge is -2.39. The maximum atomic E-state index is 13.9. The van der Waals surface area contributed by atoms with Crippen molar-refractivity contribution >= 4 is 23.4 Å². The number of hydrogen-bond donors (Lipinski definition) is 1. The molecular weight excluding hydrogens is 521 g/mol. The van der Waals surface area contributed by atoms with Crippen LogP contribution in [0, 0.1) is 11.8 Å². The second kappa shape index (κ2) is 12.4. The molecule has 0 aromatic heterocycles. The first kappa shape index (κ1) is 29.8. The zero-order valence-electron chi connectivity index (χ0n) is 21.8. The molecule has 1 unspecified atom stereocenters. The third-order valence-electron chi connectivity index (χ3n) is 7.19. The number of aliphatic hydroxyl groups is 1. The summed E-state index contributed by atoms with van der Waals surface area (Å²) in [6.45, 7) is 2.86. The van der Waals surface area contributed by atoms with Gasteiger partial charge in [0.15, 0.2) is 0 Å². The lowest BCUT2D eigenvalue weighted by atomic mass is 9.82. The Morgan fingerprint density at radius 1 is 1.13 bits per heavy atom. The van der Waals surface area contributed by atoms with Gasteiger partial charge in [0.25, 0.3) is 17.4 Å². The number of ether oxygens (including phenoxy) is 1. The van der Waals surface area contributed by atoms with Crippen LogP contribution in [0.5, 0.6) is 5.75 Å². The Bertz CT molecular complexity index is 1110. The molecule has 1 fully saturated rings. The Hall–Kier alpha value is -2.78. The number of alkyl halides is 3. The summed E-state index contributed by atoms with van der Waals surface area (Å²) in [5.74, 6) is -0.407. The van der Waals surface area contributed by atoms with Crippen molar-refractivity contribution in [3.05, 3.63) is 64.7 Å². The molecule has 0 aliphatic carbocycles. The van der Waals surface area contributed by atoms with Gasteiger partial charge < -0.3 is 19.6 Å². The average Bonchev–Trinajstić information content (AvgIpc) is 2.89. The Balaban J connectivity index is 1.48. The number of amides is 2. The van der Waals surface area contributed by atoms with Crippen LogP contribution in [0.15, 0.2) is 48.5 Å². The van der Waals surface area contributed by atoms with E-state index in [4.69, 9.17) is 16.3 Å². The van der Waals surface area contributed by atoms with Gasteiger partial charge in [-0.05, 0) is 55.7 Å². The van der Waals surface area contributed by atoms with E-state index in [9.17, 15) is 27.9 Å². The van der Waals surface area contributed by atoms with Crippen molar-refractivity contribution in [3.63, 3.8) is 0 Å². The number of rotatable bonds is 9. The van der Waals surface area contributed by atoms with Gasteiger partial charge in [-0.1, -0.05) is 48.9 Å². The van der Waals surface area contributed by atoms with Gasteiger partial charge in [-0.25, -0.2) is 0 Å². The number of halogens is 4. The molecule has 2 aromatic rings. The molecule has 1 heterocycles. The van der Waals surface area contributed by atoms with Crippen molar-refractivity contribution in [2.45, 2.75) is 44.4 Å². The predicted molar refractivity (Wildman–Crippen MR) is 139 cm³/mol. The lowest BCUT2D eigenvalue weighted by molar-refractivity contribution is -0.262. The second-order valence-corrected chi connectivity index (χ2v) is 10.4. The number of likely N-dealkylation sites (tertiary alicyclic amines) is 1. The van der Waals surface area contributed by atoms with Crippen LogP contribution in [0.3, 0.4) is 0 Å². The first-order chi connectivity index (χ1) is 17.9. The standard InChI is InChI=1S/C28H34ClF3N2O4/c1-19(8-7-17-38-22-11-12-23(24(29)18-22)25(35)33(2)3)20-13-15-34(16-14-20)26(36)27(37,28(30,31)32)21-9-5-4-6-10-21/h4-6,9-12,18-20,37H,7-8,13-17H2,1-3H3/t19-,27?/m0/s1. The highest BCUT2D eigenvalue weighted by Crippen LogP contribution is 2.41. The molecule has 0 saturated carbocycles. The van der Waals surface area contributed by atoms with Crippen molar-refractivity contribution in [1.29, 1.82) is 0 Å². The van der Waals surface area contributed by atoms with Crippen LogP contribution in [0.25, 0.3) is 0 Å². The molecule has 208 valence electrons. The molecule has 3 rings (SSSR count). The zero-order valence-corrected chi connectivity index (χ0v) is 22.6. The third kappa shape index (κ3) is 6.61. The Morgan fingerprint density at radius 3 is 2.32 bits per heavy atom. The van der Waals surface area contributed by atoms with E-state index in [1.54, 1.807) is 32.3 Å². The maximum absolute atomic E-state index is 13.9. The van der Waals surface area contributed by atoms with Crippen LogP contribution in [0.4, 0.5) is 13.2 Å². The number of piperidine rings is 1. The molecular formula is C28H34ClF3N2O4. The number of carbonyl (C=O) groups is 2. The van der Waals surface area contributed by atoms with E-state index in [0.29, 0.717) is 35.8 Å². The lowest BCUT2D eigenvalue weighted by Crippen LogP contribution is -2.57. The smallest absolute Gasteiger partial charge is 0.430 e. The minimum absolute atomic E-state index is 0.159. The highest BCUT2D eigenvalue weighted by molar-refractivity contribution is 6.34. The zero-order chi connectivity index (χ0) is 28.1. The molecule has 0 bridgehead atoms. The molecule has 1 N–H and O–H groups in total. The number of nitrogens with zero attached hydrogens (tertiary/aromatic N) is 2. The molecule has 1 aliphatic rings. The van der Waals surface area contributed by atoms with E-state index in [1.807, 2.05) is 0 Å². The number of carbonyl (C=O) groups excluding carboxylic acids is 2. The Morgan fingerprint density at radius 2 is 1.76 bits per heavy atom. The number of benzene rings is 2. The molecule has 38 heavy (non-hydrogen) atoms. The van der Waals surface area contributed by atoms with Crippen molar-refractivity contribution in [2.24, 2.45) is 11.8 Å². The normalized spacial score (nSPS) is 17.0. The minimum Gasteiger partial charge on any atom is -0.494 e. The van der Waals surface area contributed by atoms with E-state index in [1.165, 1.54) is 23.1 Å². The van der Waals surface area contributed by atoms with Crippen molar-refractivity contribution < 1.29 is 32.6 Å². The summed E-state index contributed by atoms with van der Waals surface area (Å²) >= 11 is 6.22. The van der Waals surface area contributed by atoms with E-state index in [2.05, 4.69) is 6.92 Å². The summed E-state index contributed by atoms with van der Waals surface area (Å²) in [5.41, 5.74) is -3.64. The van der Waals surface area contributed by atoms with Gasteiger partial charge in [-0.15, -0.1) is 0 Å². The fraction of sp³-hybridized carbons (Fsp3) is 0.500. The van der Waals surface area contributed by atoms with Crippen LogP contribution in [-0.4, -0.2) is 66.7 Å². The molecule has 0 spiro atoms. The van der Waals surface area contributed by atoms with Crippen LogP contribution in [-0.2, 0) is 10.4 Å². The van der Waals surface area contributed by atoms with Crippen LogP contribution >= 0.6 is 11.6 Å². The first-order valence-electron chi connectivity index (χ1n) is 12.6. The topological polar surface area (TPSA) is 70.1 Å². The quantitative estimate of drug-likeness (QED) is 0.414. The predicted octanol–water partition coefficient (Wildman–Crippen LogP) is 5.53. The molecule has 2 aromatic carbocycles. The summed E-state index contributed by atoms with van der Waals surface area (Å²) in [5, 5.41) is 10.9. The highest BCUT2D eigenvalue weighted by atomic mass is 35.5. The van der Waals surface area contributed by atoms with Gasteiger partial charge in [0.1, 0.15) is 5.75 Å². The summed E-state index contributed by atoms with van der Waals surface area (Å²) in [6.07, 6.45) is -2.40. The largest absolute Gasteiger partial charge is 0.494 e. The second-order valence-electron chi connectivity index (χ2n) is 10.0. The average molecular weight is 555 g/mol. The van der Waals surface area contributed by atoms with Crippen LogP contribution < -0.4 is 4.74 Å². The fourth-order valence-corrected chi connectivity index (χ4v) is 5.07. The van der Waals surface area contributed by atoms with E-state index >= 15 is 0 Å². The monoisotopic (exact) mass is 554 g/mol. The molecule has 2 amide bonds. The molecule has 6 nitrogen and oxygen atoms in total. The van der Waals surface area contributed by atoms with E-state index in [0.717, 1.165) is 29.9 Å². The summed E-state index contributed by atoms with van der Waals surface area (Å²) < 4.78 is 47.4. The molecule has 2 atom stereocenters. The molecule has 1 saturated heterocycles. The third-order valence-corrected chi connectivity index (χ3v) is 7.51. The van der Waals surface area contributed by atoms with Gasteiger partial charge in [0.05, 0.1) is 17.2 Å². The number of hydrogen-bond acceptors (Lipinski definition) is 4. The summed E-state index contributed by atoms with van der Waals surface area (Å²) in [4.78, 5) is 27.6. The van der Waals surface area contributed by atoms with Gasteiger partial charge in [-0.3, -0.25) is 9.59 Å². The van der Waals surface area contributed by atoms with E-state index in [-0.39, 0.29) is 30.8 Å². The first-order valence-corrected chi connectivity index (χ1v) is 13.0. The summed E-state index contributed by atoms with van der Waals surface area (Å²) in [6, 6.07) is 11.5. The van der Waals surface area contributed by atoms with E-state index < -0.39 is 23.2 Å². The highest BCUT2D eigenvalue weighted by Gasteiger charge is 2.62. The van der Waals surface area contributed by atoms with Crippen molar-refractivity contribution in [2.75, 3.05) is 33.8 Å². The fourth-order valence-electron chi connectivity index (χ4n) is 4.82. The SMILES string of the molecule is C[C@@H](CCCOc1ccc(C(=O)N(C)C)c(Cl)c1)C1CCN(C(=O)C(O)(c2ccccc2)C(F)(F)F)CC1. The van der Waals surface area contributed by atoms with Gasteiger partial charge >= 0.3 is 6.18 Å². The molecule has 0 radical (unpaired) electrons. The Labute approximate surface area is 226 Å². The molecule has 1 aliphatic heterocycles. The van der Waals surface area contributed by atoms with Gasteiger partial charge in [0.2, 0.25) is 0 Å². The van der Waals surface area contributed by atoms with Crippen LogP contribution in [0.1, 0.15) is 48.5 Å². The van der Waals surface area contributed by atoms with Crippen molar-refractivity contribution in [1.82, 2.24) is 9.80 Å². The Kier molecular flexibility index (Phi) is 9.70.